The number of carbonyl (C=O) groups is 1. The van der Waals surface area contributed by atoms with Crippen molar-refractivity contribution in [2.24, 2.45) is 10.8 Å². The Bertz CT molecular complexity index is 347. The molecule has 1 amide bonds. The SMILES string of the molecule is CCOP(=O)(OCC)C(=O)NCC(CN)N=[N+]=[N-]. The Hall–Kier alpha value is -1.11. The largest absolute Gasteiger partial charge is 0.418 e. The van der Waals surface area contributed by atoms with E-state index >= 15 is 0 Å². The molecule has 0 spiro atoms. The average molecular weight is 279 g/mol. The fraction of sp³-hybridized carbons (Fsp3) is 0.875. The summed E-state index contributed by atoms with van der Waals surface area (Å²) >= 11 is 0. The molecule has 1 unspecified atom stereocenters. The van der Waals surface area contributed by atoms with Crippen LogP contribution in [0.3, 0.4) is 0 Å². The van der Waals surface area contributed by atoms with E-state index in [1.165, 1.54) is 0 Å². The number of nitrogens with zero attached hydrogens (tertiary/aromatic N) is 3. The van der Waals surface area contributed by atoms with Crippen molar-refractivity contribution in [2.75, 3.05) is 26.3 Å². The van der Waals surface area contributed by atoms with Gasteiger partial charge in [0.15, 0.2) is 0 Å². The second-order valence-electron chi connectivity index (χ2n) is 3.11. The summed E-state index contributed by atoms with van der Waals surface area (Å²) in [4.78, 5) is 14.3. The topological polar surface area (TPSA) is 139 Å². The van der Waals surface area contributed by atoms with Gasteiger partial charge in [0.05, 0.1) is 19.3 Å². The predicted molar refractivity (Wildman–Crippen MR) is 66.2 cm³/mol. The van der Waals surface area contributed by atoms with Gasteiger partial charge in [0.25, 0.3) is 0 Å². The van der Waals surface area contributed by atoms with Crippen LogP contribution in [-0.2, 0) is 13.6 Å². The molecule has 0 aliphatic rings. The highest BCUT2D eigenvalue weighted by atomic mass is 31.2. The lowest BCUT2D eigenvalue weighted by atomic mass is 10.3. The third kappa shape index (κ3) is 5.48. The number of hydrogen-bond donors (Lipinski definition) is 2. The highest BCUT2D eigenvalue weighted by Crippen LogP contribution is 2.48. The molecule has 0 saturated carbocycles. The number of azide groups is 1. The van der Waals surface area contributed by atoms with Crippen LogP contribution in [-0.4, -0.2) is 38.0 Å². The second-order valence-corrected chi connectivity index (χ2v) is 5.03. The molecule has 0 heterocycles. The van der Waals surface area contributed by atoms with Crippen LogP contribution in [0, 0.1) is 0 Å². The maximum Gasteiger partial charge on any atom is 0.418 e. The van der Waals surface area contributed by atoms with Gasteiger partial charge >= 0.3 is 13.2 Å². The summed E-state index contributed by atoms with van der Waals surface area (Å²) in [5, 5.41) is 5.69. The minimum atomic E-state index is -3.82. The van der Waals surface area contributed by atoms with E-state index in [4.69, 9.17) is 20.3 Å². The van der Waals surface area contributed by atoms with Gasteiger partial charge in [-0.05, 0) is 19.4 Å². The summed E-state index contributed by atoms with van der Waals surface area (Å²) < 4.78 is 21.7. The summed E-state index contributed by atoms with van der Waals surface area (Å²) in [5.74, 6) is 0. The van der Waals surface area contributed by atoms with Gasteiger partial charge in [-0.25, -0.2) is 4.57 Å². The smallest absolute Gasteiger partial charge is 0.345 e. The Balaban J connectivity index is 4.52. The van der Waals surface area contributed by atoms with Gasteiger partial charge in [0, 0.05) is 18.0 Å². The highest BCUT2D eigenvalue weighted by Gasteiger charge is 2.34. The van der Waals surface area contributed by atoms with E-state index in [-0.39, 0.29) is 26.3 Å². The monoisotopic (exact) mass is 279 g/mol. The molecule has 9 nitrogen and oxygen atoms in total. The van der Waals surface area contributed by atoms with Crippen LogP contribution in [0.2, 0.25) is 0 Å². The first-order valence-corrected chi connectivity index (χ1v) is 7.00. The standard InChI is InChI=1S/C8H18N5O4P/c1-3-16-18(15,17-4-2)8(14)11-6-7(5-9)12-13-10/h7H,3-6,9H2,1-2H3,(H,11,14). The van der Waals surface area contributed by atoms with Crippen LogP contribution in [0.15, 0.2) is 5.11 Å². The Morgan fingerprint density at radius 3 is 2.44 bits per heavy atom. The molecule has 104 valence electrons. The summed E-state index contributed by atoms with van der Waals surface area (Å²) in [6, 6.07) is -0.601. The molecule has 0 rings (SSSR count). The van der Waals surface area contributed by atoms with Gasteiger partial charge in [-0.15, -0.1) is 0 Å². The van der Waals surface area contributed by atoms with Crippen LogP contribution < -0.4 is 11.1 Å². The van der Waals surface area contributed by atoms with E-state index in [9.17, 15) is 9.36 Å². The van der Waals surface area contributed by atoms with Crippen molar-refractivity contribution >= 4 is 13.2 Å². The molecular formula is C8H18N5O4P. The zero-order valence-corrected chi connectivity index (χ0v) is 11.3. The van der Waals surface area contributed by atoms with E-state index in [1.54, 1.807) is 13.8 Å². The Morgan fingerprint density at radius 2 is 2.06 bits per heavy atom. The zero-order valence-electron chi connectivity index (χ0n) is 10.4. The molecule has 0 aromatic carbocycles. The third-order valence-electron chi connectivity index (χ3n) is 1.82. The van der Waals surface area contributed by atoms with Gasteiger partial charge in [0.2, 0.25) is 0 Å². The summed E-state index contributed by atoms with van der Waals surface area (Å²) in [6.07, 6.45) is 0. The lowest BCUT2D eigenvalue weighted by molar-refractivity contribution is 0.207. The molecule has 0 bridgehead atoms. The second kappa shape index (κ2) is 8.91. The predicted octanol–water partition coefficient (Wildman–Crippen LogP) is 1.60. The lowest BCUT2D eigenvalue weighted by Gasteiger charge is -2.17. The third-order valence-corrected chi connectivity index (χ3v) is 3.67. The number of hydrogen-bond acceptors (Lipinski definition) is 6. The van der Waals surface area contributed by atoms with E-state index in [0.717, 1.165) is 0 Å². The van der Waals surface area contributed by atoms with Gasteiger partial charge in [-0.3, -0.25) is 4.79 Å². The van der Waals surface area contributed by atoms with E-state index in [1.807, 2.05) is 0 Å². The molecule has 1 atom stereocenters. The molecule has 18 heavy (non-hydrogen) atoms. The average Bonchev–Trinajstić information content (AvgIpc) is 2.34. The van der Waals surface area contributed by atoms with Crippen molar-refractivity contribution in [3.63, 3.8) is 0 Å². The number of nitrogens with two attached hydrogens (primary N) is 1. The fourth-order valence-electron chi connectivity index (χ4n) is 1.04. The van der Waals surface area contributed by atoms with Crippen molar-refractivity contribution in [3.05, 3.63) is 10.4 Å². The van der Waals surface area contributed by atoms with Gasteiger partial charge in [-0.1, -0.05) is 5.11 Å². The quantitative estimate of drug-likeness (QED) is 0.285. The van der Waals surface area contributed by atoms with Gasteiger partial charge in [0.1, 0.15) is 0 Å². The number of amides is 1. The molecule has 3 N–H and O–H groups in total. The molecule has 0 aliphatic carbocycles. The van der Waals surface area contributed by atoms with Crippen LogP contribution >= 0.6 is 7.60 Å². The van der Waals surface area contributed by atoms with Gasteiger partial charge < -0.3 is 20.1 Å². The first-order valence-electron chi connectivity index (χ1n) is 5.45. The molecule has 0 radical (unpaired) electrons. The summed E-state index contributed by atoms with van der Waals surface area (Å²) in [6.45, 7) is 3.41. The maximum atomic E-state index is 12.0. The first-order chi connectivity index (χ1) is 8.53. The molecule has 0 aromatic rings. The van der Waals surface area contributed by atoms with Crippen LogP contribution in [0.5, 0.6) is 0 Å². The fourth-order valence-corrected chi connectivity index (χ4v) is 2.31. The number of carbonyl (C=O) groups excluding carboxylic acids is 1. The number of rotatable bonds is 9. The maximum absolute atomic E-state index is 12.0. The Labute approximate surface area is 105 Å². The minimum absolute atomic E-state index is 0.0243. The minimum Gasteiger partial charge on any atom is -0.345 e. The van der Waals surface area contributed by atoms with Crippen molar-refractivity contribution < 1.29 is 18.4 Å². The van der Waals surface area contributed by atoms with Crippen LogP contribution in [0.1, 0.15) is 13.8 Å². The van der Waals surface area contributed by atoms with E-state index < -0.39 is 19.3 Å². The zero-order chi connectivity index (χ0) is 14.0. The van der Waals surface area contributed by atoms with Crippen molar-refractivity contribution in [1.29, 1.82) is 0 Å². The van der Waals surface area contributed by atoms with Crippen molar-refractivity contribution in [3.8, 4) is 0 Å². The van der Waals surface area contributed by atoms with Crippen molar-refractivity contribution in [1.82, 2.24) is 5.32 Å². The van der Waals surface area contributed by atoms with Crippen LogP contribution in [0.25, 0.3) is 10.4 Å². The lowest BCUT2D eigenvalue weighted by Crippen LogP contribution is -2.34. The molecule has 0 fully saturated rings. The molecular weight excluding hydrogens is 261 g/mol. The normalized spacial score (nSPS) is 12.6. The molecule has 10 heteroatoms. The molecule has 0 aliphatic heterocycles. The highest BCUT2D eigenvalue weighted by molar-refractivity contribution is 7.71. The number of nitrogens with one attached hydrogen (secondary N) is 1. The van der Waals surface area contributed by atoms with Crippen molar-refractivity contribution in [2.45, 2.75) is 19.9 Å². The van der Waals surface area contributed by atoms with E-state index in [0.29, 0.717) is 0 Å². The Morgan fingerprint density at radius 1 is 1.50 bits per heavy atom. The van der Waals surface area contributed by atoms with E-state index in [2.05, 4.69) is 15.3 Å². The molecule has 0 saturated heterocycles. The summed E-state index contributed by atoms with van der Waals surface area (Å²) in [5.41, 5.74) is 12.7. The molecule has 0 aromatic heterocycles. The summed E-state index contributed by atoms with van der Waals surface area (Å²) in [7, 11) is -3.82. The Kier molecular flexibility index (Phi) is 8.36. The van der Waals surface area contributed by atoms with Gasteiger partial charge in [-0.2, -0.15) is 0 Å². The van der Waals surface area contributed by atoms with Crippen LogP contribution in [0.4, 0.5) is 4.79 Å². The first kappa shape index (κ1) is 16.9.